The zero-order valence-electron chi connectivity index (χ0n) is 14.4. The lowest BCUT2D eigenvalue weighted by molar-refractivity contribution is -0.136. The first-order chi connectivity index (χ1) is 12.5. The minimum absolute atomic E-state index is 0.0932. The summed E-state index contributed by atoms with van der Waals surface area (Å²) in [6, 6.07) is 8.66. The largest absolute Gasteiger partial charge is 0.481 e. The number of para-hydroxylation sites is 1. The Kier molecular flexibility index (Phi) is 5.06. The lowest BCUT2D eigenvalue weighted by atomic mass is 10.0. The number of aryl methyl sites for hydroxylation is 1. The van der Waals surface area contributed by atoms with Crippen molar-refractivity contribution >= 4 is 23.5 Å². The van der Waals surface area contributed by atoms with E-state index in [1.165, 1.54) is 6.26 Å². The summed E-state index contributed by atoms with van der Waals surface area (Å²) in [5, 5.41) is 11.7. The van der Waals surface area contributed by atoms with Crippen LogP contribution in [0.5, 0.6) is 0 Å². The Balaban J connectivity index is 1.76. The van der Waals surface area contributed by atoms with Crippen LogP contribution in [0.15, 0.2) is 41.0 Å². The SMILES string of the molecule is Cc1coc(CC(=O)O)c1C(=O)NC1CCCN(c2ccccc2)C1=O. The van der Waals surface area contributed by atoms with Crippen molar-refractivity contribution in [3.05, 3.63) is 53.5 Å². The van der Waals surface area contributed by atoms with Gasteiger partial charge in [-0.3, -0.25) is 14.4 Å². The summed E-state index contributed by atoms with van der Waals surface area (Å²) >= 11 is 0. The van der Waals surface area contributed by atoms with Gasteiger partial charge in [-0.15, -0.1) is 0 Å². The molecule has 2 heterocycles. The Morgan fingerprint density at radius 2 is 2.04 bits per heavy atom. The van der Waals surface area contributed by atoms with Crippen LogP contribution in [0.2, 0.25) is 0 Å². The maximum absolute atomic E-state index is 12.8. The van der Waals surface area contributed by atoms with Gasteiger partial charge in [0.15, 0.2) is 0 Å². The average Bonchev–Trinajstić information content (AvgIpc) is 2.97. The number of piperidine rings is 1. The third-order valence-electron chi connectivity index (χ3n) is 4.40. The van der Waals surface area contributed by atoms with E-state index in [-0.39, 0.29) is 23.7 Å². The Morgan fingerprint density at radius 1 is 1.31 bits per heavy atom. The quantitative estimate of drug-likeness (QED) is 0.855. The van der Waals surface area contributed by atoms with Crippen molar-refractivity contribution in [2.24, 2.45) is 0 Å². The predicted octanol–water partition coefficient (Wildman–Crippen LogP) is 2.14. The van der Waals surface area contributed by atoms with Gasteiger partial charge < -0.3 is 19.7 Å². The van der Waals surface area contributed by atoms with E-state index in [4.69, 9.17) is 9.52 Å². The highest BCUT2D eigenvalue weighted by Gasteiger charge is 2.32. The van der Waals surface area contributed by atoms with E-state index >= 15 is 0 Å². The first kappa shape index (κ1) is 17.7. The molecule has 2 N–H and O–H groups in total. The fourth-order valence-electron chi connectivity index (χ4n) is 3.17. The number of aliphatic carboxylic acids is 1. The van der Waals surface area contributed by atoms with Crippen molar-refractivity contribution in [3.63, 3.8) is 0 Å². The molecular formula is C19H20N2O5. The van der Waals surface area contributed by atoms with Gasteiger partial charge in [0, 0.05) is 17.8 Å². The second-order valence-corrected chi connectivity index (χ2v) is 6.28. The zero-order chi connectivity index (χ0) is 18.7. The molecule has 7 nitrogen and oxygen atoms in total. The molecule has 1 aromatic carbocycles. The standard InChI is InChI=1S/C19H20N2O5/c1-12-11-26-15(10-16(22)23)17(12)18(24)20-14-8-5-9-21(19(14)25)13-6-3-2-4-7-13/h2-4,6-7,11,14H,5,8-10H2,1H3,(H,20,24)(H,22,23). The lowest BCUT2D eigenvalue weighted by Gasteiger charge is -2.32. The molecule has 1 aliphatic heterocycles. The molecule has 1 fully saturated rings. The fraction of sp³-hybridized carbons (Fsp3) is 0.316. The summed E-state index contributed by atoms with van der Waals surface area (Å²) < 4.78 is 5.20. The minimum atomic E-state index is -1.09. The smallest absolute Gasteiger partial charge is 0.311 e. The van der Waals surface area contributed by atoms with Crippen molar-refractivity contribution in [1.82, 2.24) is 5.32 Å². The van der Waals surface area contributed by atoms with E-state index in [1.54, 1.807) is 11.8 Å². The molecule has 1 atom stereocenters. The van der Waals surface area contributed by atoms with Gasteiger partial charge in [-0.25, -0.2) is 0 Å². The first-order valence-corrected chi connectivity index (χ1v) is 8.43. The van der Waals surface area contributed by atoms with Crippen molar-refractivity contribution in [3.8, 4) is 0 Å². The summed E-state index contributed by atoms with van der Waals surface area (Å²) in [5.41, 5.74) is 1.53. The summed E-state index contributed by atoms with van der Waals surface area (Å²) in [5.74, 6) is -1.65. The predicted molar refractivity (Wildman–Crippen MR) is 94.1 cm³/mol. The molecular weight excluding hydrogens is 336 g/mol. The molecule has 7 heteroatoms. The molecule has 3 rings (SSSR count). The summed E-state index contributed by atoms with van der Waals surface area (Å²) in [4.78, 5) is 38.0. The lowest BCUT2D eigenvalue weighted by Crippen LogP contribution is -2.52. The van der Waals surface area contributed by atoms with Gasteiger partial charge in [-0.1, -0.05) is 18.2 Å². The number of rotatable bonds is 5. The average molecular weight is 356 g/mol. The van der Waals surface area contributed by atoms with Gasteiger partial charge in [-0.2, -0.15) is 0 Å². The summed E-state index contributed by atoms with van der Waals surface area (Å²) in [6.07, 6.45) is 2.27. The van der Waals surface area contributed by atoms with Crippen LogP contribution in [0.4, 0.5) is 5.69 Å². The number of benzene rings is 1. The molecule has 0 spiro atoms. The monoisotopic (exact) mass is 356 g/mol. The number of hydrogen-bond donors (Lipinski definition) is 2. The number of amides is 2. The number of carboxylic acids is 1. The van der Waals surface area contributed by atoms with Crippen LogP contribution in [0, 0.1) is 6.92 Å². The molecule has 0 aliphatic carbocycles. The second kappa shape index (κ2) is 7.43. The Bertz CT molecular complexity index is 828. The molecule has 0 saturated carbocycles. The van der Waals surface area contributed by atoms with E-state index in [0.29, 0.717) is 18.5 Å². The van der Waals surface area contributed by atoms with Crippen molar-refractivity contribution in [2.45, 2.75) is 32.2 Å². The van der Waals surface area contributed by atoms with Gasteiger partial charge in [-0.05, 0) is 31.9 Å². The van der Waals surface area contributed by atoms with Crippen LogP contribution in [0.1, 0.15) is 34.5 Å². The molecule has 1 aromatic heterocycles. The Morgan fingerprint density at radius 3 is 2.73 bits per heavy atom. The fourth-order valence-corrected chi connectivity index (χ4v) is 3.17. The van der Waals surface area contributed by atoms with Gasteiger partial charge in [0.2, 0.25) is 5.91 Å². The normalized spacial score (nSPS) is 17.2. The van der Waals surface area contributed by atoms with Gasteiger partial charge in [0.25, 0.3) is 5.91 Å². The van der Waals surface area contributed by atoms with Crippen molar-refractivity contribution in [1.29, 1.82) is 0 Å². The van der Waals surface area contributed by atoms with Crippen LogP contribution < -0.4 is 10.2 Å². The third kappa shape index (κ3) is 3.61. The van der Waals surface area contributed by atoms with Crippen LogP contribution in [0.3, 0.4) is 0 Å². The molecule has 2 amide bonds. The third-order valence-corrected chi connectivity index (χ3v) is 4.40. The number of nitrogens with one attached hydrogen (secondary N) is 1. The molecule has 1 unspecified atom stereocenters. The Hall–Kier alpha value is -3.09. The molecule has 1 saturated heterocycles. The molecule has 0 radical (unpaired) electrons. The molecule has 26 heavy (non-hydrogen) atoms. The number of carboxylic acid groups (broad SMARTS) is 1. The van der Waals surface area contributed by atoms with E-state index in [2.05, 4.69) is 5.32 Å². The van der Waals surface area contributed by atoms with Crippen molar-refractivity contribution in [2.75, 3.05) is 11.4 Å². The van der Waals surface area contributed by atoms with E-state index in [9.17, 15) is 14.4 Å². The topological polar surface area (TPSA) is 99.8 Å². The van der Waals surface area contributed by atoms with Crippen LogP contribution in [0.25, 0.3) is 0 Å². The second-order valence-electron chi connectivity index (χ2n) is 6.28. The van der Waals surface area contributed by atoms with E-state index in [0.717, 1.165) is 12.1 Å². The van der Waals surface area contributed by atoms with Crippen molar-refractivity contribution < 1.29 is 23.9 Å². The molecule has 0 bridgehead atoms. The maximum Gasteiger partial charge on any atom is 0.311 e. The maximum atomic E-state index is 12.8. The number of carbonyl (C=O) groups excluding carboxylic acids is 2. The Labute approximate surface area is 150 Å². The number of nitrogens with zero attached hydrogens (tertiary/aromatic N) is 1. The summed E-state index contributed by atoms with van der Waals surface area (Å²) in [6.45, 7) is 2.27. The number of hydrogen-bond acceptors (Lipinski definition) is 4. The van der Waals surface area contributed by atoms with E-state index < -0.39 is 17.9 Å². The van der Waals surface area contributed by atoms with Crippen LogP contribution in [-0.4, -0.2) is 35.5 Å². The van der Waals surface area contributed by atoms with Gasteiger partial charge in [0.1, 0.15) is 18.2 Å². The highest BCUT2D eigenvalue weighted by Crippen LogP contribution is 2.22. The molecule has 1 aliphatic rings. The van der Waals surface area contributed by atoms with Gasteiger partial charge in [0.05, 0.1) is 11.8 Å². The number of anilines is 1. The highest BCUT2D eigenvalue weighted by molar-refractivity contribution is 6.04. The highest BCUT2D eigenvalue weighted by atomic mass is 16.4. The first-order valence-electron chi connectivity index (χ1n) is 8.43. The van der Waals surface area contributed by atoms with Gasteiger partial charge >= 0.3 is 5.97 Å². The minimum Gasteiger partial charge on any atom is -0.481 e. The molecule has 2 aromatic rings. The molecule has 136 valence electrons. The number of furan rings is 1. The number of carbonyl (C=O) groups is 3. The van der Waals surface area contributed by atoms with E-state index in [1.807, 2.05) is 30.3 Å². The summed E-state index contributed by atoms with van der Waals surface area (Å²) in [7, 11) is 0. The van der Waals surface area contributed by atoms with Crippen LogP contribution in [-0.2, 0) is 16.0 Å². The zero-order valence-corrected chi connectivity index (χ0v) is 14.4. The van der Waals surface area contributed by atoms with Crippen LogP contribution >= 0.6 is 0 Å².